The molecule has 0 aromatic heterocycles. The molecule has 0 bridgehead atoms. The van der Waals surface area contributed by atoms with Gasteiger partial charge in [-0.15, -0.1) is 0 Å². The minimum absolute atomic E-state index is 0.391. The van der Waals surface area contributed by atoms with E-state index in [1.807, 2.05) is 7.05 Å². The van der Waals surface area contributed by atoms with Crippen molar-refractivity contribution < 1.29 is 13.2 Å². The molecule has 2 fully saturated rings. The van der Waals surface area contributed by atoms with Gasteiger partial charge < -0.3 is 10.1 Å². The van der Waals surface area contributed by atoms with Gasteiger partial charge in [-0.1, -0.05) is 0 Å². The highest BCUT2D eigenvalue weighted by Gasteiger charge is 2.28. The molecule has 2 rings (SSSR count). The molecule has 0 saturated carbocycles. The van der Waals surface area contributed by atoms with Crippen molar-refractivity contribution in [2.24, 2.45) is 5.92 Å². The van der Waals surface area contributed by atoms with E-state index in [1.54, 1.807) is 4.31 Å². The average Bonchev–Trinajstić information content (AvgIpc) is 2.90. The van der Waals surface area contributed by atoms with Crippen LogP contribution < -0.4 is 5.32 Å². The van der Waals surface area contributed by atoms with Gasteiger partial charge in [0.1, 0.15) is 0 Å². The van der Waals surface area contributed by atoms with Crippen molar-refractivity contribution in [2.75, 3.05) is 33.0 Å². The summed E-state index contributed by atoms with van der Waals surface area (Å²) in [7, 11) is -1.04. The molecule has 0 spiro atoms. The molecule has 2 aliphatic heterocycles. The van der Waals surface area contributed by atoms with Crippen molar-refractivity contribution in [3.8, 4) is 0 Å². The quantitative estimate of drug-likeness (QED) is 0.801. The van der Waals surface area contributed by atoms with Crippen molar-refractivity contribution in [2.45, 2.75) is 50.7 Å². The third-order valence-electron chi connectivity index (χ3n) is 4.55. The van der Waals surface area contributed by atoms with Crippen molar-refractivity contribution >= 4 is 10.0 Å². The zero-order valence-corrected chi connectivity index (χ0v) is 13.5. The molecule has 0 aliphatic carbocycles. The summed E-state index contributed by atoms with van der Waals surface area (Å²) in [6, 6.07) is 0.433. The van der Waals surface area contributed by atoms with E-state index >= 15 is 0 Å². The molecule has 20 heavy (non-hydrogen) atoms. The standard InChI is InChI=1S/C14H28N2O3S/c1-15-13(10-14-6-4-8-19-14)9-12-5-3-7-16(11-12)20(2,17)18/h12-15H,3-11H2,1-2H3. The number of hydrogen-bond donors (Lipinski definition) is 1. The first-order chi connectivity index (χ1) is 9.49. The highest BCUT2D eigenvalue weighted by atomic mass is 32.2. The zero-order valence-electron chi connectivity index (χ0n) is 12.7. The van der Waals surface area contributed by atoms with Crippen LogP contribution in [0.4, 0.5) is 0 Å². The van der Waals surface area contributed by atoms with Crippen molar-refractivity contribution in [1.82, 2.24) is 9.62 Å². The predicted molar refractivity (Wildman–Crippen MR) is 80.2 cm³/mol. The molecule has 0 amide bonds. The summed E-state index contributed by atoms with van der Waals surface area (Å²) in [6.45, 7) is 2.26. The van der Waals surface area contributed by atoms with Gasteiger partial charge in [0, 0.05) is 25.7 Å². The molecule has 3 atom stereocenters. The normalized spacial score (nSPS) is 30.5. The van der Waals surface area contributed by atoms with Crippen LogP contribution in [0.25, 0.3) is 0 Å². The highest BCUT2D eigenvalue weighted by Crippen LogP contribution is 2.25. The van der Waals surface area contributed by atoms with Crippen LogP contribution in [0.1, 0.15) is 38.5 Å². The number of ether oxygens (including phenoxy) is 1. The van der Waals surface area contributed by atoms with Gasteiger partial charge in [-0.2, -0.15) is 0 Å². The lowest BCUT2D eigenvalue weighted by molar-refractivity contribution is 0.0905. The Balaban J connectivity index is 1.83. The second-order valence-electron chi connectivity index (χ2n) is 6.22. The Morgan fingerprint density at radius 2 is 2.10 bits per heavy atom. The van der Waals surface area contributed by atoms with E-state index in [9.17, 15) is 8.42 Å². The number of sulfonamides is 1. The number of hydrogen-bond acceptors (Lipinski definition) is 4. The second kappa shape index (κ2) is 7.20. The monoisotopic (exact) mass is 304 g/mol. The topological polar surface area (TPSA) is 58.6 Å². The molecule has 6 heteroatoms. The Morgan fingerprint density at radius 3 is 2.70 bits per heavy atom. The number of nitrogens with one attached hydrogen (secondary N) is 1. The molecule has 0 aromatic rings. The fourth-order valence-electron chi connectivity index (χ4n) is 3.40. The van der Waals surface area contributed by atoms with Crippen molar-refractivity contribution in [1.29, 1.82) is 0 Å². The van der Waals surface area contributed by atoms with E-state index in [0.717, 1.165) is 38.7 Å². The smallest absolute Gasteiger partial charge is 0.211 e. The number of piperidine rings is 1. The lowest BCUT2D eigenvalue weighted by atomic mass is 9.90. The Labute approximate surface area is 123 Å². The summed E-state index contributed by atoms with van der Waals surface area (Å²) >= 11 is 0. The molecular weight excluding hydrogens is 276 g/mol. The lowest BCUT2D eigenvalue weighted by Gasteiger charge is -2.33. The van der Waals surface area contributed by atoms with Gasteiger partial charge in [0.05, 0.1) is 12.4 Å². The number of nitrogens with zero attached hydrogens (tertiary/aromatic N) is 1. The van der Waals surface area contributed by atoms with Crippen LogP contribution in [-0.4, -0.2) is 57.9 Å². The molecular formula is C14H28N2O3S. The van der Waals surface area contributed by atoms with Gasteiger partial charge in [0.2, 0.25) is 10.0 Å². The van der Waals surface area contributed by atoms with Gasteiger partial charge in [-0.05, 0) is 51.5 Å². The van der Waals surface area contributed by atoms with Gasteiger partial charge in [-0.3, -0.25) is 0 Å². The van der Waals surface area contributed by atoms with Crippen LogP contribution in [-0.2, 0) is 14.8 Å². The molecule has 0 aromatic carbocycles. The molecule has 2 aliphatic rings. The van der Waals surface area contributed by atoms with Crippen LogP contribution in [0.5, 0.6) is 0 Å². The van der Waals surface area contributed by atoms with Gasteiger partial charge >= 0.3 is 0 Å². The summed E-state index contributed by atoms with van der Waals surface area (Å²) < 4.78 is 30.7. The minimum atomic E-state index is -3.04. The first-order valence-electron chi connectivity index (χ1n) is 7.73. The molecule has 1 N–H and O–H groups in total. The Hall–Kier alpha value is -0.170. The Bertz CT molecular complexity index is 393. The van der Waals surface area contributed by atoms with Crippen LogP contribution in [0, 0.1) is 5.92 Å². The largest absolute Gasteiger partial charge is 0.378 e. The van der Waals surface area contributed by atoms with Crippen LogP contribution >= 0.6 is 0 Å². The first-order valence-corrected chi connectivity index (χ1v) is 9.58. The van der Waals surface area contributed by atoms with E-state index in [-0.39, 0.29) is 0 Å². The molecule has 2 saturated heterocycles. The number of rotatable bonds is 6. The predicted octanol–water partition coefficient (Wildman–Crippen LogP) is 1.21. The molecule has 5 nitrogen and oxygen atoms in total. The zero-order chi connectivity index (χ0) is 14.6. The summed E-state index contributed by atoms with van der Waals surface area (Å²) in [5.74, 6) is 0.470. The van der Waals surface area contributed by atoms with Gasteiger partial charge in [0.25, 0.3) is 0 Å². The Kier molecular flexibility index (Phi) is 5.84. The molecule has 0 radical (unpaired) electrons. The van der Waals surface area contributed by atoms with Crippen molar-refractivity contribution in [3.63, 3.8) is 0 Å². The summed E-state index contributed by atoms with van der Waals surface area (Å²) in [5, 5.41) is 3.38. The highest BCUT2D eigenvalue weighted by molar-refractivity contribution is 7.88. The third-order valence-corrected chi connectivity index (χ3v) is 5.82. The van der Waals surface area contributed by atoms with Crippen LogP contribution in [0.3, 0.4) is 0 Å². The fraction of sp³-hybridized carbons (Fsp3) is 1.00. The fourth-order valence-corrected chi connectivity index (χ4v) is 4.34. The first kappa shape index (κ1) is 16.2. The second-order valence-corrected chi connectivity index (χ2v) is 8.20. The summed E-state index contributed by atoms with van der Waals surface area (Å²) in [5.41, 5.74) is 0. The molecule has 118 valence electrons. The van der Waals surface area contributed by atoms with E-state index < -0.39 is 10.0 Å². The van der Waals surface area contributed by atoms with E-state index in [2.05, 4.69) is 5.32 Å². The van der Waals surface area contributed by atoms with E-state index in [0.29, 0.717) is 31.2 Å². The maximum Gasteiger partial charge on any atom is 0.211 e. The maximum absolute atomic E-state index is 11.7. The van der Waals surface area contributed by atoms with Gasteiger partial charge in [-0.25, -0.2) is 12.7 Å². The SMILES string of the molecule is CNC(CC1CCCN(S(C)(=O)=O)C1)CC1CCCO1. The Morgan fingerprint density at radius 1 is 1.30 bits per heavy atom. The summed E-state index contributed by atoms with van der Waals surface area (Å²) in [6.07, 6.45) is 8.25. The average molecular weight is 304 g/mol. The minimum Gasteiger partial charge on any atom is -0.378 e. The molecule has 3 unspecified atom stereocenters. The van der Waals surface area contributed by atoms with Crippen LogP contribution in [0.2, 0.25) is 0 Å². The summed E-state index contributed by atoms with van der Waals surface area (Å²) in [4.78, 5) is 0. The third kappa shape index (κ3) is 4.69. The maximum atomic E-state index is 11.7. The van der Waals surface area contributed by atoms with Crippen LogP contribution in [0.15, 0.2) is 0 Å². The van der Waals surface area contributed by atoms with Crippen molar-refractivity contribution in [3.05, 3.63) is 0 Å². The lowest BCUT2D eigenvalue weighted by Crippen LogP contribution is -2.42. The molecule has 2 heterocycles. The van der Waals surface area contributed by atoms with E-state index in [1.165, 1.54) is 12.7 Å². The van der Waals surface area contributed by atoms with Gasteiger partial charge in [0.15, 0.2) is 0 Å². The van der Waals surface area contributed by atoms with E-state index in [4.69, 9.17) is 4.74 Å².